The maximum absolute atomic E-state index is 13.5. The lowest BCUT2D eigenvalue weighted by molar-refractivity contribution is 0.0952. The molecule has 1 heterocycles. The molecule has 1 aliphatic rings. The van der Waals surface area contributed by atoms with Crippen molar-refractivity contribution in [3.05, 3.63) is 29.6 Å². The number of hydrogen-bond donors (Lipinski definition) is 2. The minimum absolute atomic E-state index is 0. The zero-order chi connectivity index (χ0) is 13.7. The molecule has 0 aliphatic carbocycles. The summed E-state index contributed by atoms with van der Waals surface area (Å²) in [5, 5.41) is 6.17. The van der Waals surface area contributed by atoms with Gasteiger partial charge in [-0.15, -0.1) is 12.4 Å². The average molecular weight is 303 g/mol. The van der Waals surface area contributed by atoms with Crippen LogP contribution in [0.5, 0.6) is 5.75 Å². The highest BCUT2D eigenvalue weighted by atomic mass is 35.5. The smallest absolute Gasteiger partial charge is 0.251 e. The van der Waals surface area contributed by atoms with Crippen LogP contribution >= 0.6 is 12.4 Å². The lowest BCUT2D eigenvalue weighted by Gasteiger charge is -2.11. The van der Waals surface area contributed by atoms with Crippen molar-refractivity contribution in [1.29, 1.82) is 0 Å². The largest absolute Gasteiger partial charge is 0.494 e. The normalized spacial score (nSPS) is 17.4. The zero-order valence-corrected chi connectivity index (χ0v) is 12.3. The van der Waals surface area contributed by atoms with Crippen molar-refractivity contribution in [2.24, 2.45) is 0 Å². The number of amides is 1. The van der Waals surface area contributed by atoms with Gasteiger partial charge in [0.1, 0.15) is 0 Å². The SMILES string of the molecule is COc1ccc(C(=O)NCC[C@H]2CCCN2)cc1F.Cl. The molecular weight excluding hydrogens is 283 g/mol. The van der Waals surface area contributed by atoms with Gasteiger partial charge in [0.15, 0.2) is 11.6 Å². The molecule has 1 aromatic rings. The Kier molecular flexibility index (Phi) is 6.75. The van der Waals surface area contributed by atoms with Gasteiger partial charge < -0.3 is 15.4 Å². The summed E-state index contributed by atoms with van der Waals surface area (Å²) in [5.41, 5.74) is 0.317. The maximum Gasteiger partial charge on any atom is 0.251 e. The lowest BCUT2D eigenvalue weighted by Crippen LogP contribution is -2.30. The van der Waals surface area contributed by atoms with Crippen molar-refractivity contribution in [2.45, 2.75) is 25.3 Å². The van der Waals surface area contributed by atoms with E-state index in [2.05, 4.69) is 10.6 Å². The molecular formula is C14H20ClFN2O2. The highest BCUT2D eigenvalue weighted by Crippen LogP contribution is 2.17. The van der Waals surface area contributed by atoms with Gasteiger partial charge in [0.25, 0.3) is 5.91 Å². The fraction of sp³-hybridized carbons (Fsp3) is 0.500. The quantitative estimate of drug-likeness (QED) is 0.876. The van der Waals surface area contributed by atoms with Crippen LogP contribution in [0.1, 0.15) is 29.6 Å². The second-order valence-corrected chi connectivity index (χ2v) is 4.69. The summed E-state index contributed by atoms with van der Waals surface area (Å²) in [4.78, 5) is 11.8. The molecule has 2 rings (SSSR count). The van der Waals surface area contributed by atoms with Gasteiger partial charge in [-0.05, 0) is 44.0 Å². The number of halogens is 2. The molecule has 1 fully saturated rings. The van der Waals surface area contributed by atoms with E-state index in [0.717, 1.165) is 19.4 Å². The fourth-order valence-corrected chi connectivity index (χ4v) is 2.27. The lowest BCUT2D eigenvalue weighted by atomic mass is 10.1. The van der Waals surface area contributed by atoms with Gasteiger partial charge in [-0.25, -0.2) is 4.39 Å². The summed E-state index contributed by atoms with van der Waals surface area (Å²) in [6.45, 7) is 1.66. The van der Waals surface area contributed by atoms with E-state index in [1.165, 1.54) is 25.7 Å². The van der Waals surface area contributed by atoms with Crippen LogP contribution in [0.15, 0.2) is 18.2 Å². The van der Waals surface area contributed by atoms with Gasteiger partial charge in [0.2, 0.25) is 0 Å². The molecule has 0 radical (unpaired) electrons. The van der Waals surface area contributed by atoms with Crippen molar-refractivity contribution in [1.82, 2.24) is 10.6 Å². The van der Waals surface area contributed by atoms with Crippen LogP contribution in [0, 0.1) is 5.82 Å². The fourth-order valence-electron chi connectivity index (χ4n) is 2.27. The summed E-state index contributed by atoms with van der Waals surface area (Å²) < 4.78 is 18.3. The van der Waals surface area contributed by atoms with E-state index in [9.17, 15) is 9.18 Å². The molecule has 0 bridgehead atoms. The predicted octanol–water partition coefficient (Wildman–Crippen LogP) is 2.13. The third-order valence-corrected chi connectivity index (χ3v) is 3.35. The van der Waals surface area contributed by atoms with Crippen molar-refractivity contribution in [3.8, 4) is 5.75 Å². The van der Waals surface area contributed by atoms with Crippen LogP contribution in [0.25, 0.3) is 0 Å². The molecule has 1 amide bonds. The Labute approximate surface area is 124 Å². The summed E-state index contributed by atoms with van der Waals surface area (Å²) in [6, 6.07) is 4.71. The molecule has 1 saturated heterocycles. The van der Waals surface area contributed by atoms with Gasteiger partial charge in [0.05, 0.1) is 7.11 Å². The zero-order valence-electron chi connectivity index (χ0n) is 11.4. The summed E-state index contributed by atoms with van der Waals surface area (Å²) in [7, 11) is 1.40. The molecule has 20 heavy (non-hydrogen) atoms. The first-order chi connectivity index (χ1) is 9.20. The van der Waals surface area contributed by atoms with Crippen LogP contribution in [0.4, 0.5) is 4.39 Å². The van der Waals surface area contributed by atoms with Crippen LogP contribution < -0.4 is 15.4 Å². The van der Waals surface area contributed by atoms with Crippen LogP contribution in [0.3, 0.4) is 0 Å². The first kappa shape index (κ1) is 16.7. The van der Waals surface area contributed by atoms with Gasteiger partial charge >= 0.3 is 0 Å². The van der Waals surface area contributed by atoms with Crippen LogP contribution in [-0.4, -0.2) is 32.1 Å². The van der Waals surface area contributed by atoms with E-state index >= 15 is 0 Å². The average Bonchev–Trinajstić information content (AvgIpc) is 2.91. The second-order valence-electron chi connectivity index (χ2n) is 4.69. The Bertz CT molecular complexity index is 451. The molecule has 1 aromatic carbocycles. The highest BCUT2D eigenvalue weighted by molar-refractivity contribution is 5.94. The number of benzene rings is 1. The van der Waals surface area contributed by atoms with E-state index in [0.29, 0.717) is 18.2 Å². The summed E-state index contributed by atoms with van der Waals surface area (Å²) in [5.74, 6) is -0.626. The standard InChI is InChI=1S/C14H19FN2O2.ClH/c1-19-13-5-4-10(9-12(13)15)14(18)17-8-6-11-3-2-7-16-11;/h4-5,9,11,16H,2-3,6-8H2,1H3,(H,17,18);1H/t11-;/m1./s1. The van der Waals surface area contributed by atoms with Crippen LogP contribution in [0.2, 0.25) is 0 Å². The third-order valence-electron chi connectivity index (χ3n) is 3.35. The predicted molar refractivity (Wildman–Crippen MR) is 78.2 cm³/mol. The van der Waals surface area contributed by atoms with Crippen LogP contribution in [-0.2, 0) is 0 Å². The van der Waals surface area contributed by atoms with Crippen molar-refractivity contribution in [3.63, 3.8) is 0 Å². The Hall–Kier alpha value is -1.33. The third kappa shape index (κ3) is 4.35. The number of hydrogen-bond acceptors (Lipinski definition) is 3. The Morgan fingerprint density at radius 1 is 1.55 bits per heavy atom. The molecule has 6 heteroatoms. The van der Waals surface area contributed by atoms with Gasteiger partial charge in [0, 0.05) is 18.2 Å². The minimum Gasteiger partial charge on any atom is -0.494 e. The van der Waals surface area contributed by atoms with E-state index in [-0.39, 0.29) is 24.1 Å². The van der Waals surface area contributed by atoms with Crippen molar-refractivity contribution in [2.75, 3.05) is 20.2 Å². The van der Waals surface area contributed by atoms with E-state index in [1.807, 2.05) is 0 Å². The number of carbonyl (C=O) groups is 1. The first-order valence-corrected chi connectivity index (χ1v) is 6.56. The number of rotatable bonds is 5. The number of methoxy groups -OCH3 is 1. The molecule has 0 aromatic heterocycles. The van der Waals surface area contributed by atoms with Gasteiger partial charge in [-0.2, -0.15) is 0 Å². The monoisotopic (exact) mass is 302 g/mol. The molecule has 112 valence electrons. The van der Waals surface area contributed by atoms with E-state index < -0.39 is 5.82 Å². The number of carbonyl (C=O) groups excluding carboxylic acids is 1. The molecule has 1 aliphatic heterocycles. The Morgan fingerprint density at radius 3 is 2.95 bits per heavy atom. The topological polar surface area (TPSA) is 50.4 Å². The van der Waals surface area contributed by atoms with Gasteiger partial charge in [-0.3, -0.25) is 4.79 Å². The summed E-state index contributed by atoms with van der Waals surface area (Å²) in [6.07, 6.45) is 3.26. The molecule has 0 spiro atoms. The molecule has 0 unspecified atom stereocenters. The van der Waals surface area contributed by atoms with Crippen molar-refractivity contribution >= 4 is 18.3 Å². The van der Waals surface area contributed by atoms with E-state index in [4.69, 9.17) is 4.74 Å². The van der Waals surface area contributed by atoms with Crippen molar-refractivity contribution < 1.29 is 13.9 Å². The summed E-state index contributed by atoms with van der Waals surface area (Å²) >= 11 is 0. The van der Waals surface area contributed by atoms with E-state index in [1.54, 1.807) is 6.07 Å². The first-order valence-electron chi connectivity index (χ1n) is 6.56. The maximum atomic E-state index is 13.5. The molecule has 4 nitrogen and oxygen atoms in total. The van der Waals surface area contributed by atoms with Gasteiger partial charge in [-0.1, -0.05) is 0 Å². The Balaban J connectivity index is 0.00000200. The Morgan fingerprint density at radius 2 is 2.35 bits per heavy atom. The highest BCUT2D eigenvalue weighted by Gasteiger charge is 2.14. The molecule has 1 atom stereocenters. The second kappa shape index (κ2) is 8.07. The molecule has 0 saturated carbocycles. The number of nitrogens with one attached hydrogen (secondary N) is 2. The minimum atomic E-state index is -0.521. The molecule has 2 N–H and O–H groups in total. The number of ether oxygens (including phenoxy) is 1.